The molecule has 0 atom stereocenters. The number of methoxy groups -OCH3 is 1. The minimum absolute atomic E-state index is 0.821. The third kappa shape index (κ3) is 2.38. The number of rotatable bonds is 3. The van der Waals surface area contributed by atoms with Crippen LogP contribution in [-0.4, -0.2) is 17.1 Å². The molecular weight excluding hydrogens is 340 g/mol. The summed E-state index contributed by atoms with van der Waals surface area (Å²) in [7, 11) is 1.68. The molecule has 0 amide bonds. The Labute approximate surface area is 154 Å². The lowest BCUT2D eigenvalue weighted by atomic mass is 9.97. The van der Waals surface area contributed by atoms with Gasteiger partial charge in [0.2, 0.25) is 0 Å². The molecule has 5 aromatic rings. The van der Waals surface area contributed by atoms with Crippen molar-refractivity contribution in [3.8, 4) is 28.3 Å². The molecule has 0 aliphatic heterocycles. The third-order valence-corrected chi connectivity index (χ3v) is 5.82. The second kappa shape index (κ2) is 6.00. The lowest BCUT2D eigenvalue weighted by Crippen LogP contribution is -1.90. The number of ether oxygens (including phenoxy) is 1. The maximum atomic E-state index is 5.42. The average Bonchev–Trinajstić information content (AvgIpc) is 3.35. The summed E-state index contributed by atoms with van der Waals surface area (Å²) in [5.74, 6) is 1.66. The molecular formula is C22H16N2OS. The molecule has 2 heterocycles. The Hall–Kier alpha value is -3.11. The molecule has 4 heteroatoms. The summed E-state index contributed by atoms with van der Waals surface area (Å²) in [5.41, 5.74) is 3.35. The summed E-state index contributed by atoms with van der Waals surface area (Å²) in [6, 6.07) is 21.4. The summed E-state index contributed by atoms with van der Waals surface area (Å²) in [6.45, 7) is 0. The van der Waals surface area contributed by atoms with Crippen molar-refractivity contribution in [2.45, 2.75) is 0 Å². The lowest BCUT2D eigenvalue weighted by Gasteiger charge is -2.10. The van der Waals surface area contributed by atoms with Gasteiger partial charge in [0, 0.05) is 38.1 Å². The van der Waals surface area contributed by atoms with Crippen LogP contribution in [0.25, 0.3) is 42.7 Å². The summed E-state index contributed by atoms with van der Waals surface area (Å²) in [5, 5.41) is 2.60. The molecule has 0 fully saturated rings. The number of aromatic amines is 1. The van der Waals surface area contributed by atoms with E-state index in [1.165, 1.54) is 25.7 Å². The summed E-state index contributed by atoms with van der Waals surface area (Å²) in [6.07, 6.45) is 3.61. The van der Waals surface area contributed by atoms with Crippen LogP contribution in [0.5, 0.6) is 5.75 Å². The number of H-pyrrole nitrogens is 1. The van der Waals surface area contributed by atoms with Crippen LogP contribution in [-0.2, 0) is 0 Å². The maximum absolute atomic E-state index is 5.42. The molecule has 0 aliphatic rings. The van der Waals surface area contributed by atoms with Crippen molar-refractivity contribution in [3.05, 3.63) is 73.1 Å². The second-order valence-electron chi connectivity index (χ2n) is 6.16. The summed E-state index contributed by atoms with van der Waals surface area (Å²) < 4.78 is 8.05. The molecule has 0 spiro atoms. The van der Waals surface area contributed by atoms with Gasteiger partial charge in [-0.05, 0) is 47.5 Å². The SMILES string of the molecule is COc1ccc(-c2ccc3sc4ccccc4c3c2)c(-c2ncc[nH]2)c1. The maximum Gasteiger partial charge on any atom is 0.138 e. The van der Waals surface area contributed by atoms with E-state index in [2.05, 4.69) is 58.5 Å². The molecule has 0 bridgehead atoms. The molecule has 5 rings (SSSR count). The van der Waals surface area contributed by atoms with E-state index in [-0.39, 0.29) is 0 Å². The zero-order valence-electron chi connectivity index (χ0n) is 14.2. The Morgan fingerprint density at radius 1 is 0.885 bits per heavy atom. The van der Waals surface area contributed by atoms with E-state index in [9.17, 15) is 0 Å². The zero-order chi connectivity index (χ0) is 17.5. The Morgan fingerprint density at radius 3 is 2.62 bits per heavy atom. The van der Waals surface area contributed by atoms with E-state index in [0.717, 1.165) is 22.7 Å². The molecule has 3 nitrogen and oxygen atoms in total. The largest absolute Gasteiger partial charge is 0.497 e. The molecule has 26 heavy (non-hydrogen) atoms. The smallest absolute Gasteiger partial charge is 0.138 e. The zero-order valence-corrected chi connectivity index (χ0v) is 15.0. The van der Waals surface area contributed by atoms with Crippen LogP contribution in [0, 0.1) is 0 Å². The first-order valence-corrected chi connectivity index (χ1v) is 9.24. The fourth-order valence-corrected chi connectivity index (χ4v) is 4.49. The Kier molecular flexibility index (Phi) is 3.50. The van der Waals surface area contributed by atoms with Crippen LogP contribution in [0.1, 0.15) is 0 Å². The van der Waals surface area contributed by atoms with E-state index in [1.807, 2.05) is 29.7 Å². The van der Waals surface area contributed by atoms with E-state index in [0.29, 0.717) is 0 Å². The minimum atomic E-state index is 0.821. The molecule has 126 valence electrons. The molecule has 0 saturated heterocycles. The highest BCUT2D eigenvalue weighted by Crippen LogP contribution is 2.39. The van der Waals surface area contributed by atoms with E-state index >= 15 is 0 Å². The quantitative estimate of drug-likeness (QED) is 0.423. The second-order valence-corrected chi connectivity index (χ2v) is 7.24. The van der Waals surface area contributed by atoms with Gasteiger partial charge >= 0.3 is 0 Å². The lowest BCUT2D eigenvalue weighted by molar-refractivity contribution is 0.415. The molecule has 0 aliphatic carbocycles. The first-order chi connectivity index (χ1) is 12.8. The van der Waals surface area contributed by atoms with Gasteiger partial charge in [0.05, 0.1) is 7.11 Å². The molecule has 1 N–H and O–H groups in total. The Morgan fingerprint density at radius 2 is 1.77 bits per heavy atom. The van der Waals surface area contributed by atoms with Gasteiger partial charge in [-0.1, -0.05) is 24.3 Å². The number of nitrogens with zero attached hydrogens (tertiary/aromatic N) is 1. The normalized spacial score (nSPS) is 11.3. The van der Waals surface area contributed by atoms with Crippen LogP contribution in [0.15, 0.2) is 73.1 Å². The first kappa shape index (κ1) is 15.2. The fourth-order valence-electron chi connectivity index (χ4n) is 3.40. The van der Waals surface area contributed by atoms with Gasteiger partial charge in [0.15, 0.2) is 0 Å². The molecule has 0 saturated carbocycles. The molecule has 2 aromatic heterocycles. The predicted octanol–water partition coefficient (Wildman–Crippen LogP) is 6.12. The van der Waals surface area contributed by atoms with Crippen LogP contribution < -0.4 is 4.74 Å². The van der Waals surface area contributed by atoms with E-state index < -0.39 is 0 Å². The Balaban J connectivity index is 1.76. The standard InChI is InChI=1S/C22H16N2OS/c1-25-15-7-8-16(19(13-15)22-23-10-11-24-22)14-6-9-21-18(12-14)17-4-2-3-5-20(17)26-21/h2-13H,1H3,(H,23,24). The number of hydrogen-bond donors (Lipinski definition) is 1. The van der Waals surface area contributed by atoms with Gasteiger partial charge in [-0.25, -0.2) is 4.98 Å². The van der Waals surface area contributed by atoms with Crippen molar-refractivity contribution in [3.63, 3.8) is 0 Å². The van der Waals surface area contributed by atoms with Crippen molar-refractivity contribution in [2.75, 3.05) is 7.11 Å². The number of fused-ring (bicyclic) bond motifs is 3. The predicted molar refractivity (Wildman–Crippen MR) is 109 cm³/mol. The van der Waals surface area contributed by atoms with Crippen LogP contribution >= 0.6 is 11.3 Å². The number of thiophene rings is 1. The van der Waals surface area contributed by atoms with Crippen molar-refractivity contribution in [1.82, 2.24) is 9.97 Å². The van der Waals surface area contributed by atoms with Crippen molar-refractivity contribution in [1.29, 1.82) is 0 Å². The van der Waals surface area contributed by atoms with Gasteiger partial charge in [-0.3, -0.25) is 0 Å². The highest BCUT2D eigenvalue weighted by molar-refractivity contribution is 7.25. The molecule has 3 aromatic carbocycles. The average molecular weight is 356 g/mol. The van der Waals surface area contributed by atoms with Gasteiger partial charge in [-0.2, -0.15) is 0 Å². The summed E-state index contributed by atoms with van der Waals surface area (Å²) >= 11 is 1.84. The molecule has 0 radical (unpaired) electrons. The molecule has 0 unspecified atom stereocenters. The van der Waals surface area contributed by atoms with Crippen molar-refractivity contribution >= 4 is 31.5 Å². The number of nitrogens with one attached hydrogen (secondary N) is 1. The minimum Gasteiger partial charge on any atom is -0.497 e. The van der Waals surface area contributed by atoms with Gasteiger partial charge < -0.3 is 9.72 Å². The van der Waals surface area contributed by atoms with Gasteiger partial charge in [0.25, 0.3) is 0 Å². The highest BCUT2D eigenvalue weighted by Gasteiger charge is 2.13. The fraction of sp³-hybridized carbons (Fsp3) is 0.0455. The number of hydrogen-bond acceptors (Lipinski definition) is 3. The third-order valence-electron chi connectivity index (χ3n) is 4.67. The number of imidazole rings is 1. The van der Waals surface area contributed by atoms with Gasteiger partial charge in [-0.15, -0.1) is 11.3 Å². The number of aromatic nitrogens is 2. The van der Waals surface area contributed by atoms with E-state index in [1.54, 1.807) is 13.3 Å². The van der Waals surface area contributed by atoms with Crippen molar-refractivity contribution < 1.29 is 4.74 Å². The summed E-state index contributed by atoms with van der Waals surface area (Å²) in [4.78, 5) is 7.65. The van der Waals surface area contributed by atoms with E-state index in [4.69, 9.17) is 4.74 Å². The van der Waals surface area contributed by atoms with Crippen molar-refractivity contribution in [2.24, 2.45) is 0 Å². The topological polar surface area (TPSA) is 37.9 Å². The highest BCUT2D eigenvalue weighted by atomic mass is 32.1. The Bertz CT molecular complexity index is 1220. The monoisotopic (exact) mass is 356 g/mol. The first-order valence-electron chi connectivity index (χ1n) is 8.43. The van der Waals surface area contributed by atoms with Crippen LogP contribution in [0.3, 0.4) is 0 Å². The van der Waals surface area contributed by atoms with Crippen LogP contribution in [0.4, 0.5) is 0 Å². The number of benzene rings is 3. The van der Waals surface area contributed by atoms with Crippen LogP contribution in [0.2, 0.25) is 0 Å². The van der Waals surface area contributed by atoms with Gasteiger partial charge in [0.1, 0.15) is 11.6 Å².